The molecule has 0 amide bonds. The monoisotopic (exact) mass is 299 g/mol. The summed E-state index contributed by atoms with van der Waals surface area (Å²) in [6.45, 7) is 0.579. The van der Waals surface area contributed by atoms with E-state index in [1.54, 1.807) is 0 Å². The van der Waals surface area contributed by atoms with E-state index < -0.39 is 6.10 Å². The fourth-order valence-electron chi connectivity index (χ4n) is 2.68. The molecule has 0 aromatic heterocycles. The molecule has 0 saturated heterocycles. The van der Waals surface area contributed by atoms with Crippen LogP contribution in [-0.4, -0.2) is 29.2 Å². The topological polar surface area (TPSA) is 32.3 Å². The third kappa shape index (κ3) is 4.38. The number of rotatable bonds is 5. The molecule has 4 heteroatoms. The number of nitrogens with one attached hydrogen (secondary N) is 1. The van der Waals surface area contributed by atoms with Crippen LogP contribution in [0.2, 0.25) is 5.02 Å². The highest BCUT2D eigenvalue weighted by Gasteiger charge is 2.22. The van der Waals surface area contributed by atoms with Crippen LogP contribution >= 0.6 is 23.4 Å². The van der Waals surface area contributed by atoms with Crippen LogP contribution in [0.3, 0.4) is 0 Å². The van der Waals surface area contributed by atoms with Crippen LogP contribution in [0.15, 0.2) is 24.3 Å². The number of halogens is 1. The molecule has 19 heavy (non-hydrogen) atoms. The zero-order valence-corrected chi connectivity index (χ0v) is 12.9. The van der Waals surface area contributed by atoms with Gasteiger partial charge in [-0.2, -0.15) is 11.8 Å². The molecule has 3 atom stereocenters. The minimum absolute atomic E-state index is 0.525. The van der Waals surface area contributed by atoms with Gasteiger partial charge in [-0.3, -0.25) is 0 Å². The predicted molar refractivity (Wildman–Crippen MR) is 84.0 cm³/mol. The fourth-order valence-corrected chi connectivity index (χ4v) is 3.77. The summed E-state index contributed by atoms with van der Waals surface area (Å²) in [5.41, 5.74) is 0.814. The first-order chi connectivity index (χ1) is 9.20. The van der Waals surface area contributed by atoms with Gasteiger partial charge in [0.05, 0.1) is 6.10 Å². The van der Waals surface area contributed by atoms with Gasteiger partial charge in [0.15, 0.2) is 0 Å². The molecule has 1 aromatic rings. The third-order valence-corrected chi connectivity index (χ3v) is 5.26. The van der Waals surface area contributed by atoms with Crippen LogP contribution in [0.5, 0.6) is 0 Å². The van der Waals surface area contributed by atoms with Gasteiger partial charge in [-0.1, -0.05) is 36.2 Å². The second kappa shape index (κ2) is 7.53. The standard InChI is InChI=1S/C15H22ClNOS/c1-19-12-6-4-5-11(9-12)17-10-15(18)13-7-2-3-8-14(13)16/h2-3,7-8,11-12,15,17-18H,4-6,9-10H2,1H3. The van der Waals surface area contributed by atoms with E-state index in [0.29, 0.717) is 17.6 Å². The normalized spacial score (nSPS) is 25.2. The van der Waals surface area contributed by atoms with Crippen LogP contribution in [0, 0.1) is 0 Å². The van der Waals surface area contributed by atoms with Gasteiger partial charge in [0, 0.05) is 28.4 Å². The number of hydrogen-bond donors (Lipinski definition) is 2. The minimum Gasteiger partial charge on any atom is -0.387 e. The molecule has 1 aromatic carbocycles. The van der Waals surface area contributed by atoms with E-state index in [-0.39, 0.29) is 0 Å². The van der Waals surface area contributed by atoms with Crippen LogP contribution in [-0.2, 0) is 0 Å². The average Bonchev–Trinajstić information content (AvgIpc) is 2.45. The number of aliphatic hydroxyl groups is 1. The predicted octanol–water partition coefficient (Wildman–Crippen LogP) is 3.64. The first-order valence-electron chi connectivity index (χ1n) is 6.89. The van der Waals surface area contributed by atoms with Crippen molar-refractivity contribution in [1.29, 1.82) is 0 Å². The Balaban J connectivity index is 1.83. The van der Waals surface area contributed by atoms with Gasteiger partial charge in [0.1, 0.15) is 0 Å². The van der Waals surface area contributed by atoms with Gasteiger partial charge in [0.25, 0.3) is 0 Å². The van der Waals surface area contributed by atoms with Gasteiger partial charge in [-0.25, -0.2) is 0 Å². The first kappa shape index (κ1) is 15.2. The largest absolute Gasteiger partial charge is 0.387 e. The quantitative estimate of drug-likeness (QED) is 0.871. The molecule has 1 fully saturated rings. The Kier molecular flexibility index (Phi) is 6.02. The second-order valence-electron chi connectivity index (χ2n) is 5.17. The Morgan fingerprint density at radius 2 is 2.21 bits per heavy atom. The number of benzene rings is 1. The van der Waals surface area contributed by atoms with E-state index in [9.17, 15) is 5.11 Å². The molecule has 1 saturated carbocycles. The summed E-state index contributed by atoms with van der Waals surface area (Å²) in [7, 11) is 0. The lowest BCUT2D eigenvalue weighted by atomic mass is 9.94. The average molecular weight is 300 g/mol. The van der Waals surface area contributed by atoms with E-state index in [2.05, 4.69) is 11.6 Å². The molecule has 2 rings (SSSR count). The van der Waals surface area contributed by atoms with Gasteiger partial charge in [-0.05, 0) is 31.6 Å². The lowest BCUT2D eigenvalue weighted by molar-refractivity contribution is 0.166. The molecule has 2 nitrogen and oxygen atoms in total. The fraction of sp³-hybridized carbons (Fsp3) is 0.600. The Labute approximate surface area is 124 Å². The van der Waals surface area contributed by atoms with Crippen molar-refractivity contribution in [2.75, 3.05) is 12.8 Å². The maximum absolute atomic E-state index is 10.2. The Morgan fingerprint density at radius 3 is 2.95 bits per heavy atom. The van der Waals surface area contributed by atoms with E-state index in [1.165, 1.54) is 25.7 Å². The molecule has 0 aliphatic heterocycles. The van der Waals surface area contributed by atoms with Gasteiger partial charge in [0.2, 0.25) is 0 Å². The molecule has 1 aliphatic carbocycles. The number of hydrogen-bond acceptors (Lipinski definition) is 3. The summed E-state index contributed by atoms with van der Waals surface area (Å²) >= 11 is 8.05. The highest BCUT2D eigenvalue weighted by atomic mass is 35.5. The van der Waals surface area contributed by atoms with E-state index in [1.807, 2.05) is 36.0 Å². The lowest BCUT2D eigenvalue weighted by Gasteiger charge is -2.29. The molecule has 0 bridgehead atoms. The Morgan fingerprint density at radius 1 is 1.42 bits per heavy atom. The van der Waals surface area contributed by atoms with Crippen molar-refractivity contribution < 1.29 is 5.11 Å². The highest BCUT2D eigenvalue weighted by molar-refractivity contribution is 7.99. The lowest BCUT2D eigenvalue weighted by Crippen LogP contribution is -2.37. The summed E-state index contributed by atoms with van der Waals surface area (Å²) < 4.78 is 0. The maximum atomic E-state index is 10.2. The SMILES string of the molecule is CSC1CCCC(NCC(O)c2ccccc2Cl)C1. The molecule has 0 radical (unpaired) electrons. The van der Waals surface area contributed by atoms with Crippen LogP contribution in [0.4, 0.5) is 0 Å². The Bertz CT molecular complexity index is 401. The zero-order chi connectivity index (χ0) is 13.7. The van der Waals surface area contributed by atoms with Gasteiger partial charge >= 0.3 is 0 Å². The van der Waals surface area contributed by atoms with Crippen molar-refractivity contribution in [3.05, 3.63) is 34.9 Å². The molecule has 1 aliphatic rings. The molecule has 0 heterocycles. The molecule has 2 N–H and O–H groups in total. The van der Waals surface area contributed by atoms with Crippen molar-refractivity contribution in [1.82, 2.24) is 5.32 Å². The summed E-state index contributed by atoms with van der Waals surface area (Å²) in [5.74, 6) is 0. The second-order valence-corrected chi connectivity index (χ2v) is 6.71. The first-order valence-corrected chi connectivity index (χ1v) is 8.56. The van der Waals surface area contributed by atoms with Crippen molar-refractivity contribution in [2.24, 2.45) is 0 Å². The zero-order valence-electron chi connectivity index (χ0n) is 11.3. The summed E-state index contributed by atoms with van der Waals surface area (Å²) in [6, 6.07) is 8.04. The highest BCUT2D eigenvalue weighted by Crippen LogP contribution is 2.27. The van der Waals surface area contributed by atoms with Crippen molar-refractivity contribution in [3.63, 3.8) is 0 Å². The van der Waals surface area contributed by atoms with Crippen molar-refractivity contribution in [3.8, 4) is 0 Å². The molecular weight excluding hydrogens is 278 g/mol. The van der Waals surface area contributed by atoms with Gasteiger partial charge in [-0.15, -0.1) is 0 Å². The summed E-state index contributed by atoms with van der Waals surface area (Å²) in [5, 5.41) is 15.1. The molecular formula is C15H22ClNOS. The minimum atomic E-state index is -0.525. The van der Waals surface area contributed by atoms with Crippen molar-refractivity contribution >= 4 is 23.4 Å². The molecule has 106 valence electrons. The van der Waals surface area contributed by atoms with Crippen LogP contribution < -0.4 is 5.32 Å². The summed E-state index contributed by atoms with van der Waals surface area (Å²) in [4.78, 5) is 0. The van der Waals surface area contributed by atoms with E-state index >= 15 is 0 Å². The number of thioether (sulfide) groups is 1. The van der Waals surface area contributed by atoms with E-state index in [4.69, 9.17) is 11.6 Å². The summed E-state index contributed by atoms with van der Waals surface area (Å²) in [6.07, 6.45) is 6.69. The van der Waals surface area contributed by atoms with Crippen LogP contribution in [0.25, 0.3) is 0 Å². The molecule has 3 unspecified atom stereocenters. The third-order valence-electron chi connectivity index (χ3n) is 3.82. The Hall–Kier alpha value is -0.220. The van der Waals surface area contributed by atoms with Crippen LogP contribution in [0.1, 0.15) is 37.4 Å². The van der Waals surface area contributed by atoms with E-state index in [0.717, 1.165) is 10.8 Å². The van der Waals surface area contributed by atoms with Gasteiger partial charge < -0.3 is 10.4 Å². The number of aliphatic hydroxyl groups excluding tert-OH is 1. The smallest absolute Gasteiger partial charge is 0.0928 e. The maximum Gasteiger partial charge on any atom is 0.0928 e. The molecule has 0 spiro atoms. The van der Waals surface area contributed by atoms with Crippen molar-refractivity contribution in [2.45, 2.75) is 43.1 Å².